The lowest BCUT2D eigenvalue weighted by atomic mass is 9.99. The highest BCUT2D eigenvalue weighted by atomic mass is 35.5. The fourth-order valence-electron chi connectivity index (χ4n) is 4.01. The Labute approximate surface area is 214 Å². The summed E-state index contributed by atoms with van der Waals surface area (Å²) in [5.41, 5.74) is 4.62. The third-order valence-corrected chi connectivity index (χ3v) is 6.36. The van der Waals surface area contributed by atoms with Crippen LogP contribution in [0.3, 0.4) is 0 Å². The van der Waals surface area contributed by atoms with Crippen LogP contribution in [-0.4, -0.2) is 28.3 Å². The van der Waals surface area contributed by atoms with Crippen LogP contribution in [0.5, 0.6) is 0 Å². The molecule has 35 heavy (non-hydrogen) atoms. The minimum atomic E-state index is -0.688. The Bertz CT molecular complexity index is 1170. The van der Waals surface area contributed by atoms with Gasteiger partial charge in [0.25, 0.3) is 0 Å². The van der Waals surface area contributed by atoms with Crippen molar-refractivity contribution in [1.29, 1.82) is 0 Å². The Hall–Kier alpha value is -3.11. The maximum absolute atomic E-state index is 13.8. The topological polar surface area (TPSA) is 49.4 Å². The van der Waals surface area contributed by atoms with Crippen molar-refractivity contribution in [3.05, 3.63) is 106 Å². The number of aryl methyl sites for hydroxylation is 2. The summed E-state index contributed by atoms with van der Waals surface area (Å²) in [5.74, 6) is -0.292. The molecule has 0 fully saturated rings. The Morgan fingerprint density at radius 2 is 1.54 bits per heavy atom. The van der Waals surface area contributed by atoms with Gasteiger partial charge in [-0.05, 0) is 68.5 Å². The van der Waals surface area contributed by atoms with Crippen molar-refractivity contribution in [2.24, 2.45) is 0 Å². The van der Waals surface area contributed by atoms with Crippen molar-refractivity contribution in [2.45, 2.75) is 65.6 Å². The standard InChI is InChI=1S/C30H35ClN2O2/c1-21-15-16-24(17-22(21)2)19-28(34)33(20-25-13-9-10-14-26(25)31)27(29(35)32-30(3,4)5)18-23-11-7-6-8-12-23/h6-17,27H,18-20H2,1-5H3,(H,32,35)/t27-/m1/s1. The molecule has 0 saturated heterocycles. The fourth-order valence-corrected chi connectivity index (χ4v) is 4.20. The van der Waals surface area contributed by atoms with Gasteiger partial charge in [0.1, 0.15) is 6.04 Å². The van der Waals surface area contributed by atoms with Gasteiger partial charge in [-0.2, -0.15) is 0 Å². The second-order valence-corrected chi connectivity index (χ2v) is 10.6. The Kier molecular flexibility index (Phi) is 8.74. The van der Waals surface area contributed by atoms with Crippen LogP contribution in [0.1, 0.15) is 48.6 Å². The number of carbonyl (C=O) groups is 2. The van der Waals surface area contributed by atoms with Crippen molar-refractivity contribution < 1.29 is 9.59 Å². The molecule has 3 rings (SSSR count). The summed E-state index contributed by atoms with van der Waals surface area (Å²) < 4.78 is 0. The maximum Gasteiger partial charge on any atom is 0.243 e. The zero-order valence-corrected chi connectivity index (χ0v) is 22.0. The van der Waals surface area contributed by atoms with Crippen LogP contribution in [0.2, 0.25) is 5.02 Å². The molecule has 0 spiro atoms. The molecule has 0 radical (unpaired) electrons. The fraction of sp³-hybridized carbons (Fsp3) is 0.333. The monoisotopic (exact) mass is 490 g/mol. The zero-order chi connectivity index (χ0) is 25.6. The van der Waals surface area contributed by atoms with E-state index in [4.69, 9.17) is 11.6 Å². The molecule has 0 heterocycles. The van der Waals surface area contributed by atoms with E-state index in [0.29, 0.717) is 11.4 Å². The molecule has 0 aliphatic heterocycles. The average molecular weight is 491 g/mol. The van der Waals surface area contributed by atoms with E-state index < -0.39 is 11.6 Å². The first kappa shape index (κ1) is 26.5. The number of amides is 2. The van der Waals surface area contributed by atoms with Crippen molar-refractivity contribution >= 4 is 23.4 Å². The van der Waals surface area contributed by atoms with Crippen molar-refractivity contribution in [2.75, 3.05) is 0 Å². The molecule has 0 aliphatic carbocycles. The minimum absolute atomic E-state index is 0.113. The predicted octanol–water partition coefficient (Wildman–Crippen LogP) is 6.05. The average Bonchev–Trinajstić information content (AvgIpc) is 2.79. The highest BCUT2D eigenvalue weighted by Crippen LogP contribution is 2.22. The van der Waals surface area contributed by atoms with E-state index >= 15 is 0 Å². The molecule has 0 aliphatic rings. The van der Waals surface area contributed by atoms with Gasteiger partial charge in [0, 0.05) is 23.5 Å². The van der Waals surface area contributed by atoms with Crippen LogP contribution in [0.4, 0.5) is 0 Å². The first-order valence-electron chi connectivity index (χ1n) is 12.0. The molecule has 0 bridgehead atoms. The third-order valence-electron chi connectivity index (χ3n) is 5.99. The number of hydrogen-bond acceptors (Lipinski definition) is 2. The first-order chi connectivity index (χ1) is 16.5. The Morgan fingerprint density at radius 3 is 2.17 bits per heavy atom. The Morgan fingerprint density at radius 1 is 0.886 bits per heavy atom. The van der Waals surface area contributed by atoms with Crippen molar-refractivity contribution in [3.63, 3.8) is 0 Å². The van der Waals surface area contributed by atoms with Crippen molar-refractivity contribution in [3.8, 4) is 0 Å². The number of nitrogens with one attached hydrogen (secondary N) is 1. The molecule has 3 aromatic carbocycles. The summed E-state index contributed by atoms with van der Waals surface area (Å²) in [6.07, 6.45) is 0.617. The summed E-state index contributed by atoms with van der Waals surface area (Å²) in [6, 6.07) is 22.7. The Balaban J connectivity index is 2.01. The molecule has 2 amide bonds. The van der Waals surface area contributed by atoms with Gasteiger partial charge in [-0.1, -0.05) is 78.3 Å². The van der Waals surface area contributed by atoms with Gasteiger partial charge in [0.05, 0.1) is 6.42 Å². The molecular formula is C30H35ClN2O2. The second-order valence-electron chi connectivity index (χ2n) is 10.2. The number of carbonyl (C=O) groups excluding carboxylic acids is 2. The van der Waals surface area contributed by atoms with E-state index in [-0.39, 0.29) is 24.8 Å². The summed E-state index contributed by atoms with van der Waals surface area (Å²) >= 11 is 6.48. The number of hydrogen-bond donors (Lipinski definition) is 1. The summed E-state index contributed by atoms with van der Waals surface area (Å²) in [7, 11) is 0. The molecule has 1 atom stereocenters. The zero-order valence-electron chi connectivity index (χ0n) is 21.3. The first-order valence-corrected chi connectivity index (χ1v) is 12.4. The second kappa shape index (κ2) is 11.5. The van der Waals surface area contributed by atoms with Gasteiger partial charge in [0.2, 0.25) is 11.8 Å². The molecule has 5 heteroatoms. The van der Waals surface area contributed by atoms with Gasteiger partial charge < -0.3 is 10.2 Å². The normalized spacial score (nSPS) is 12.2. The van der Waals surface area contributed by atoms with E-state index in [2.05, 4.69) is 12.2 Å². The van der Waals surface area contributed by atoms with Gasteiger partial charge in [-0.3, -0.25) is 9.59 Å². The molecule has 184 valence electrons. The largest absolute Gasteiger partial charge is 0.350 e. The molecule has 1 N–H and O–H groups in total. The molecule has 0 saturated carbocycles. The summed E-state index contributed by atoms with van der Waals surface area (Å²) in [4.78, 5) is 29.1. The number of halogens is 1. The maximum atomic E-state index is 13.8. The molecular weight excluding hydrogens is 456 g/mol. The van der Waals surface area contributed by atoms with Crippen LogP contribution < -0.4 is 5.32 Å². The molecule has 0 aromatic heterocycles. The lowest BCUT2D eigenvalue weighted by Gasteiger charge is -2.34. The molecule has 4 nitrogen and oxygen atoms in total. The van der Waals surface area contributed by atoms with Gasteiger partial charge in [-0.15, -0.1) is 0 Å². The SMILES string of the molecule is Cc1ccc(CC(=O)N(Cc2ccccc2Cl)[C@H](Cc2ccccc2)C(=O)NC(C)(C)C)cc1C. The quantitative estimate of drug-likeness (QED) is 0.417. The van der Waals surface area contributed by atoms with Crippen LogP contribution in [-0.2, 0) is 29.0 Å². The van der Waals surface area contributed by atoms with E-state index in [9.17, 15) is 9.59 Å². The van der Waals surface area contributed by atoms with E-state index in [1.807, 2.05) is 100 Å². The highest BCUT2D eigenvalue weighted by molar-refractivity contribution is 6.31. The molecule has 0 unspecified atom stereocenters. The van der Waals surface area contributed by atoms with Crippen LogP contribution in [0.25, 0.3) is 0 Å². The molecule has 3 aromatic rings. The third kappa shape index (κ3) is 7.69. The number of nitrogens with zero attached hydrogens (tertiary/aromatic N) is 1. The smallest absolute Gasteiger partial charge is 0.243 e. The summed E-state index contributed by atoms with van der Waals surface area (Å²) in [5, 5.41) is 3.67. The minimum Gasteiger partial charge on any atom is -0.350 e. The van der Waals surface area contributed by atoms with Crippen molar-refractivity contribution in [1.82, 2.24) is 10.2 Å². The summed E-state index contributed by atoms with van der Waals surface area (Å²) in [6.45, 7) is 10.2. The van der Waals surface area contributed by atoms with Gasteiger partial charge >= 0.3 is 0 Å². The lowest BCUT2D eigenvalue weighted by molar-refractivity contribution is -0.141. The lowest BCUT2D eigenvalue weighted by Crippen LogP contribution is -2.54. The number of rotatable bonds is 8. The highest BCUT2D eigenvalue weighted by Gasteiger charge is 2.32. The van der Waals surface area contributed by atoms with Gasteiger partial charge in [0.15, 0.2) is 0 Å². The predicted molar refractivity (Wildman–Crippen MR) is 143 cm³/mol. The number of benzene rings is 3. The van der Waals surface area contributed by atoms with Gasteiger partial charge in [-0.25, -0.2) is 0 Å². The van der Waals surface area contributed by atoms with Crippen LogP contribution in [0, 0.1) is 13.8 Å². The van der Waals surface area contributed by atoms with Crippen LogP contribution in [0.15, 0.2) is 72.8 Å². The van der Waals surface area contributed by atoms with E-state index in [0.717, 1.165) is 22.3 Å². The van der Waals surface area contributed by atoms with E-state index in [1.165, 1.54) is 5.56 Å². The van der Waals surface area contributed by atoms with Crippen LogP contribution >= 0.6 is 11.6 Å². The van der Waals surface area contributed by atoms with E-state index in [1.54, 1.807) is 4.90 Å².